The van der Waals surface area contributed by atoms with Crippen molar-refractivity contribution in [3.8, 4) is 11.5 Å². The molecule has 0 saturated heterocycles. The van der Waals surface area contributed by atoms with Crippen LogP contribution in [0, 0.1) is 0 Å². The summed E-state index contributed by atoms with van der Waals surface area (Å²) in [5, 5.41) is 21.6. The molecule has 0 spiro atoms. The minimum Gasteiger partial charge on any atom is -0.508 e. The molecular formula is C12H18N2O3. The fourth-order valence-electron chi connectivity index (χ4n) is 1.50. The zero-order chi connectivity index (χ0) is 13.1. The first-order valence-corrected chi connectivity index (χ1v) is 5.40. The van der Waals surface area contributed by atoms with E-state index in [1.165, 1.54) is 18.2 Å². The number of nitrogens with one attached hydrogen (secondary N) is 1. The lowest BCUT2D eigenvalue weighted by Crippen LogP contribution is -2.44. The number of carbonyl (C=O) groups is 1. The average molecular weight is 238 g/mol. The van der Waals surface area contributed by atoms with Gasteiger partial charge < -0.3 is 21.3 Å². The Balaban J connectivity index is 2.86. The van der Waals surface area contributed by atoms with Crippen molar-refractivity contribution in [1.82, 2.24) is 5.32 Å². The molecule has 0 heterocycles. The molecule has 5 heteroatoms. The fraction of sp³-hybridized carbons (Fsp3) is 0.417. The van der Waals surface area contributed by atoms with Gasteiger partial charge in [-0.2, -0.15) is 0 Å². The van der Waals surface area contributed by atoms with Crippen LogP contribution in [-0.2, 0) is 0 Å². The largest absolute Gasteiger partial charge is 0.508 e. The van der Waals surface area contributed by atoms with Gasteiger partial charge in [-0.1, -0.05) is 0 Å². The number of carbonyl (C=O) groups excluding carboxylic acids is 1. The van der Waals surface area contributed by atoms with Crippen molar-refractivity contribution in [2.24, 2.45) is 5.73 Å². The lowest BCUT2D eigenvalue weighted by molar-refractivity contribution is 0.0907. The van der Waals surface area contributed by atoms with Crippen molar-refractivity contribution < 1.29 is 15.0 Å². The molecule has 5 nitrogen and oxygen atoms in total. The zero-order valence-corrected chi connectivity index (χ0v) is 10.0. The maximum atomic E-state index is 11.9. The highest BCUT2D eigenvalue weighted by molar-refractivity contribution is 5.97. The summed E-state index contributed by atoms with van der Waals surface area (Å²) in [6.45, 7) is 4.15. The topological polar surface area (TPSA) is 95.6 Å². The monoisotopic (exact) mass is 238 g/mol. The molecule has 17 heavy (non-hydrogen) atoms. The molecule has 94 valence electrons. The van der Waals surface area contributed by atoms with Gasteiger partial charge in [-0.25, -0.2) is 0 Å². The van der Waals surface area contributed by atoms with E-state index in [4.69, 9.17) is 5.73 Å². The number of hydrogen-bond donors (Lipinski definition) is 4. The molecule has 0 aromatic heterocycles. The lowest BCUT2D eigenvalue weighted by Gasteiger charge is -2.25. The molecule has 1 amide bonds. The van der Waals surface area contributed by atoms with Gasteiger partial charge in [0.25, 0.3) is 5.91 Å². The van der Waals surface area contributed by atoms with Crippen LogP contribution in [0.3, 0.4) is 0 Å². The molecule has 0 unspecified atom stereocenters. The van der Waals surface area contributed by atoms with E-state index >= 15 is 0 Å². The number of rotatable bonds is 4. The molecule has 0 aliphatic rings. The first-order valence-electron chi connectivity index (χ1n) is 5.40. The normalized spacial score (nSPS) is 11.2. The van der Waals surface area contributed by atoms with E-state index in [-0.39, 0.29) is 17.1 Å². The van der Waals surface area contributed by atoms with Gasteiger partial charge in [0.15, 0.2) is 0 Å². The van der Waals surface area contributed by atoms with Crippen molar-refractivity contribution in [1.29, 1.82) is 0 Å². The van der Waals surface area contributed by atoms with Gasteiger partial charge in [-0.15, -0.1) is 0 Å². The third-order valence-electron chi connectivity index (χ3n) is 2.45. The predicted octanol–water partition coefficient (Wildman–Crippen LogP) is 0.955. The number of aromatic hydroxyl groups is 2. The maximum Gasteiger partial charge on any atom is 0.255 e. The van der Waals surface area contributed by atoms with Gasteiger partial charge >= 0.3 is 0 Å². The summed E-state index contributed by atoms with van der Waals surface area (Å²) in [4.78, 5) is 11.9. The SMILES string of the molecule is CC(C)(CCN)NC(=O)c1cc(O)ccc1O. The van der Waals surface area contributed by atoms with Crippen LogP contribution in [0.2, 0.25) is 0 Å². The number of phenols is 2. The van der Waals surface area contributed by atoms with E-state index in [1.54, 1.807) is 0 Å². The molecule has 0 aliphatic carbocycles. The smallest absolute Gasteiger partial charge is 0.255 e. The summed E-state index contributed by atoms with van der Waals surface area (Å²) in [6.07, 6.45) is 0.623. The van der Waals surface area contributed by atoms with E-state index in [2.05, 4.69) is 5.32 Å². The average Bonchev–Trinajstić information content (AvgIpc) is 2.20. The van der Waals surface area contributed by atoms with Gasteiger partial charge in [0.05, 0.1) is 5.56 Å². The van der Waals surface area contributed by atoms with Crippen LogP contribution < -0.4 is 11.1 Å². The number of nitrogens with two attached hydrogens (primary N) is 1. The predicted molar refractivity (Wildman–Crippen MR) is 65.0 cm³/mol. The molecule has 1 aromatic carbocycles. The summed E-state index contributed by atoms with van der Waals surface area (Å²) in [5.74, 6) is -0.662. The molecule has 1 aromatic rings. The molecule has 0 saturated carbocycles. The van der Waals surface area contributed by atoms with Crippen molar-refractivity contribution in [2.75, 3.05) is 6.54 Å². The van der Waals surface area contributed by atoms with Crippen molar-refractivity contribution in [3.05, 3.63) is 23.8 Å². The highest BCUT2D eigenvalue weighted by Crippen LogP contribution is 2.22. The standard InChI is InChI=1S/C12H18N2O3/c1-12(2,5-6-13)14-11(17)9-7-8(15)3-4-10(9)16/h3-4,7,15-16H,5-6,13H2,1-2H3,(H,14,17). The Labute approximate surface area is 100 Å². The summed E-state index contributed by atoms with van der Waals surface area (Å²) in [7, 11) is 0. The van der Waals surface area contributed by atoms with E-state index in [0.29, 0.717) is 13.0 Å². The Morgan fingerprint density at radius 2 is 2.06 bits per heavy atom. The van der Waals surface area contributed by atoms with Gasteiger partial charge in [0.1, 0.15) is 11.5 Å². The number of phenolic OH excluding ortho intramolecular Hbond substituents is 2. The van der Waals surface area contributed by atoms with Crippen LogP contribution in [0.1, 0.15) is 30.6 Å². The van der Waals surface area contributed by atoms with Gasteiger partial charge in [0, 0.05) is 5.54 Å². The van der Waals surface area contributed by atoms with Crippen LogP contribution in [0.25, 0.3) is 0 Å². The summed E-state index contributed by atoms with van der Waals surface area (Å²) in [5.41, 5.74) is 5.04. The molecule has 0 atom stereocenters. The molecular weight excluding hydrogens is 220 g/mol. The minimum absolute atomic E-state index is 0.0510. The van der Waals surface area contributed by atoms with Gasteiger partial charge in [-0.3, -0.25) is 4.79 Å². The number of amides is 1. The van der Waals surface area contributed by atoms with Crippen LogP contribution >= 0.6 is 0 Å². The molecule has 0 fully saturated rings. The van der Waals surface area contributed by atoms with Gasteiger partial charge in [0.2, 0.25) is 0 Å². The van der Waals surface area contributed by atoms with Gasteiger partial charge in [-0.05, 0) is 45.0 Å². The first-order chi connectivity index (χ1) is 7.85. The Morgan fingerprint density at radius 3 is 2.65 bits per heavy atom. The Hall–Kier alpha value is -1.75. The van der Waals surface area contributed by atoms with Crippen molar-refractivity contribution in [3.63, 3.8) is 0 Å². The second kappa shape index (κ2) is 5.05. The lowest BCUT2D eigenvalue weighted by atomic mass is 10.00. The quantitative estimate of drug-likeness (QED) is 0.587. The number of hydrogen-bond acceptors (Lipinski definition) is 4. The van der Waals surface area contributed by atoms with Crippen molar-refractivity contribution in [2.45, 2.75) is 25.8 Å². The van der Waals surface area contributed by atoms with Crippen LogP contribution in [0.15, 0.2) is 18.2 Å². The second-order valence-electron chi connectivity index (χ2n) is 4.58. The first kappa shape index (κ1) is 13.3. The minimum atomic E-state index is -0.455. The second-order valence-corrected chi connectivity index (χ2v) is 4.58. The van der Waals surface area contributed by atoms with E-state index < -0.39 is 11.4 Å². The van der Waals surface area contributed by atoms with E-state index in [9.17, 15) is 15.0 Å². The van der Waals surface area contributed by atoms with Crippen molar-refractivity contribution >= 4 is 5.91 Å². The third-order valence-corrected chi connectivity index (χ3v) is 2.45. The Kier molecular flexibility index (Phi) is 3.96. The Bertz CT molecular complexity index is 416. The molecule has 0 bridgehead atoms. The summed E-state index contributed by atoms with van der Waals surface area (Å²) in [6, 6.07) is 3.82. The maximum absolute atomic E-state index is 11.9. The molecule has 0 aliphatic heterocycles. The Morgan fingerprint density at radius 1 is 1.41 bits per heavy atom. The molecule has 5 N–H and O–H groups in total. The van der Waals surface area contributed by atoms with E-state index in [0.717, 1.165) is 0 Å². The molecule has 1 rings (SSSR count). The highest BCUT2D eigenvalue weighted by atomic mass is 16.3. The highest BCUT2D eigenvalue weighted by Gasteiger charge is 2.22. The van der Waals surface area contributed by atoms with Crippen LogP contribution in [0.5, 0.6) is 11.5 Å². The summed E-state index contributed by atoms with van der Waals surface area (Å²) >= 11 is 0. The van der Waals surface area contributed by atoms with E-state index in [1.807, 2.05) is 13.8 Å². The number of benzene rings is 1. The van der Waals surface area contributed by atoms with Crippen LogP contribution in [-0.4, -0.2) is 28.2 Å². The third kappa shape index (κ3) is 3.64. The summed E-state index contributed by atoms with van der Waals surface area (Å²) < 4.78 is 0. The zero-order valence-electron chi connectivity index (χ0n) is 10.0. The fourth-order valence-corrected chi connectivity index (χ4v) is 1.50. The molecule has 0 radical (unpaired) electrons. The van der Waals surface area contributed by atoms with Crippen LogP contribution in [0.4, 0.5) is 0 Å².